The standard InChI is InChI=1S/C25H25N2S2/c1-3-18-14-16(24-26(18)20-9-5-7-11-22(20)28-24)13-17-15-19(4-2)27-21-10-6-8-12-23(21)29-25(17)27/h5-13,18-19H,3-4,14-15H2,1-2H3/q+1. The Morgan fingerprint density at radius 1 is 1.03 bits per heavy atom. The van der Waals surface area contributed by atoms with E-state index in [1.165, 1.54) is 67.7 Å². The monoisotopic (exact) mass is 417 g/mol. The molecule has 0 saturated carbocycles. The van der Waals surface area contributed by atoms with E-state index in [1.54, 1.807) is 0 Å². The van der Waals surface area contributed by atoms with E-state index in [0.29, 0.717) is 12.1 Å². The molecule has 0 N–H and O–H groups in total. The fourth-order valence-corrected chi connectivity index (χ4v) is 7.64. The molecule has 3 aromatic rings. The van der Waals surface area contributed by atoms with Gasteiger partial charge in [0, 0.05) is 35.4 Å². The van der Waals surface area contributed by atoms with Crippen LogP contribution in [0, 0.1) is 0 Å². The SMILES string of the molecule is CCC1CC(C=C2CC(CC)[n+]3c2sc2ccccc23)=C2Sc3ccccc3N21. The summed E-state index contributed by atoms with van der Waals surface area (Å²) < 4.78 is 4.02. The maximum Gasteiger partial charge on any atom is 0.266 e. The average molecular weight is 418 g/mol. The van der Waals surface area contributed by atoms with Crippen molar-refractivity contribution in [3.8, 4) is 0 Å². The predicted octanol–water partition coefficient (Wildman–Crippen LogP) is 6.93. The molecule has 0 fully saturated rings. The van der Waals surface area contributed by atoms with Crippen LogP contribution >= 0.6 is 23.1 Å². The lowest BCUT2D eigenvalue weighted by molar-refractivity contribution is -0.687. The Morgan fingerprint density at radius 2 is 1.86 bits per heavy atom. The van der Waals surface area contributed by atoms with Gasteiger partial charge in [-0.05, 0) is 42.7 Å². The Hall–Kier alpha value is -2.04. The minimum absolute atomic E-state index is 0.589. The van der Waals surface area contributed by atoms with Crippen molar-refractivity contribution in [1.82, 2.24) is 0 Å². The second-order valence-corrected chi connectivity index (χ2v) is 10.3. The molecule has 2 aromatic carbocycles. The molecule has 0 saturated heterocycles. The molecule has 0 radical (unpaired) electrons. The summed E-state index contributed by atoms with van der Waals surface area (Å²) in [5, 5.41) is 2.94. The fourth-order valence-electron chi connectivity index (χ4n) is 5.15. The third-order valence-electron chi connectivity index (χ3n) is 6.58. The van der Waals surface area contributed by atoms with Gasteiger partial charge < -0.3 is 4.90 Å². The highest BCUT2D eigenvalue weighted by atomic mass is 32.2. The summed E-state index contributed by atoms with van der Waals surface area (Å²) in [5.74, 6) is 0. The zero-order valence-electron chi connectivity index (χ0n) is 16.9. The second kappa shape index (κ2) is 6.75. The van der Waals surface area contributed by atoms with Gasteiger partial charge in [-0.15, -0.1) is 0 Å². The number of hydrogen-bond donors (Lipinski definition) is 0. The number of thiazole rings is 1. The van der Waals surface area contributed by atoms with Crippen LogP contribution in [0.2, 0.25) is 0 Å². The average Bonchev–Trinajstić information content (AvgIpc) is 3.48. The highest BCUT2D eigenvalue weighted by Crippen LogP contribution is 2.54. The van der Waals surface area contributed by atoms with Gasteiger partial charge in [-0.3, -0.25) is 0 Å². The number of allylic oxidation sites excluding steroid dienone is 2. The minimum atomic E-state index is 0.589. The molecule has 0 spiro atoms. The molecule has 6 rings (SSSR count). The van der Waals surface area contributed by atoms with Crippen LogP contribution < -0.4 is 9.47 Å². The number of hydrogen-bond acceptors (Lipinski definition) is 3. The van der Waals surface area contributed by atoms with E-state index in [0.717, 1.165) is 0 Å². The number of aromatic nitrogens is 1. The summed E-state index contributed by atoms with van der Waals surface area (Å²) in [5.41, 5.74) is 5.88. The molecule has 3 aliphatic heterocycles. The molecule has 2 nitrogen and oxygen atoms in total. The van der Waals surface area contributed by atoms with E-state index in [4.69, 9.17) is 0 Å². The normalized spacial score (nSPS) is 23.9. The van der Waals surface area contributed by atoms with Gasteiger partial charge >= 0.3 is 0 Å². The van der Waals surface area contributed by atoms with Crippen LogP contribution in [0.1, 0.15) is 50.6 Å². The van der Waals surface area contributed by atoms with Crippen LogP contribution in [-0.2, 0) is 0 Å². The fraction of sp³-hybridized carbons (Fsp3) is 0.320. The minimum Gasteiger partial charge on any atom is -0.331 e. The summed E-state index contributed by atoms with van der Waals surface area (Å²) >= 11 is 3.94. The number of nitrogens with zero attached hydrogens (tertiary/aromatic N) is 2. The highest BCUT2D eigenvalue weighted by Gasteiger charge is 2.41. The van der Waals surface area contributed by atoms with E-state index >= 15 is 0 Å². The number of thioether (sulfide) groups is 1. The van der Waals surface area contributed by atoms with Crippen molar-refractivity contribution in [2.45, 2.75) is 56.5 Å². The molecular formula is C25H25N2S2+. The summed E-state index contributed by atoms with van der Waals surface area (Å²) in [6, 6.07) is 19.0. The first-order valence-corrected chi connectivity index (χ1v) is 12.3. The Bertz CT molecular complexity index is 1190. The quantitative estimate of drug-likeness (QED) is 0.426. The molecule has 2 atom stereocenters. The van der Waals surface area contributed by atoms with Crippen LogP contribution in [0.5, 0.6) is 0 Å². The van der Waals surface area contributed by atoms with Gasteiger partial charge in [0.05, 0.1) is 10.7 Å². The lowest BCUT2D eigenvalue weighted by Crippen LogP contribution is -2.35. The van der Waals surface area contributed by atoms with E-state index in [9.17, 15) is 0 Å². The number of rotatable bonds is 3. The summed E-state index contributed by atoms with van der Waals surface area (Å²) in [7, 11) is 0. The molecule has 4 heterocycles. The summed E-state index contributed by atoms with van der Waals surface area (Å²) in [6.45, 7) is 4.65. The molecule has 146 valence electrons. The Balaban J connectivity index is 1.47. The molecule has 0 bridgehead atoms. The van der Waals surface area contributed by atoms with Crippen molar-refractivity contribution >= 4 is 44.6 Å². The Kier molecular flexibility index (Phi) is 4.14. The van der Waals surface area contributed by atoms with E-state index in [1.807, 2.05) is 23.1 Å². The van der Waals surface area contributed by atoms with Crippen molar-refractivity contribution in [2.24, 2.45) is 0 Å². The first-order chi connectivity index (χ1) is 14.3. The van der Waals surface area contributed by atoms with E-state index in [-0.39, 0.29) is 0 Å². The van der Waals surface area contributed by atoms with Gasteiger partial charge in [0.15, 0.2) is 6.04 Å². The third-order valence-corrected chi connectivity index (χ3v) is 9.02. The maximum absolute atomic E-state index is 2.61. The number of benzene rings is 2. The molecule has 29 heavy (non-hydrogen) atoms. The van der Waals surface area contributed by atoms with Crippen molar-refractivity contribution in [3.63, 3.8) is 0 Å². The van der Waals surface area contributed by atoms with Crippen molar-refractivity contribution in [3.05, 3.63) is 70.2 Å². The zero-order chi connectivity index (χ0) is 19.5. The van der Waals surface area contributed by atoms with Crippen LogP contribution in [-0.4, -0.2) is 6.04 Å². The molecule has 4 heteroatoms. The molecule has 1 aromatic heterocycles. The topological polar surface area (TPSA) is 7.12 Å². The van der Waals surface area contributed by atoms with Crippen molar-refractivity contribution < 1.29 is 4.57 Å². The first-order valence-electron chi connectivity index (χ1n) is 10.7. The zero-order valence-corrected chi connectivity index (χ0v) is 18.5. The van der Waals surface area contributed by atoms with Gasteiger partial charge in [-0.2, -0.15) is 4.57 Å². The van der Waals surface area contributed by atoms with Gasteiger partial charge in [-0.1, -0.05) is 61.2 Å². The highest BCUT2D eigenvalue weighted by molar-refractivity contribution is 8.03. The first kappa shape index (κ1) is 17.8. The maximum atomic E-state index is 2.61. The lowest BCUT2D eigenvalue weighted by atomic mass is 10.0. The molecule has 3 aliphatic rings. The van der Waals surface area contributed by atoms with Gasteiger partial charge in [-0.25, -0.2) is 0 Å². The number of anilines is 1. The third kappa shape index (κ3) is 2.58. The van der Waals surface area contributed by atoms with E-state index in [2.05, 4.69) is 77.9 Å². The molecule has 0 aliphatic carbocycles. The lowest BCUT2D eigenvalue weighted by Gasteiger charge is -2.23. The largest absolute Gasteiger partial charge is 0.331 e. The van der Waals surface area contributed by atoms with Crippen LogP contribution in [0.25, 0.3) is 15.8 Å². The van der Waals surface area contributed by atoms with Crippen molar-refractivity contribution in [1.29, 1.82) is 0 Å². The molecule has 2 unspecified atom stereocenters. The van der Waals surface area contributed by atoms with Crippen LogP contribution in [0.3, 0.4) is 0 Å². The molecular weight excluding hydrogens is 392 g/mol. The number of para-hydroxylation sites is 2. The Labute approximate surface area is 180 Å². The van der Waals surface area contributed by atoms with Gasteiger partial charge in [0.2, 0.25) is 5.52 Å². The van der Waals surface area contributed by atoms with Crippen LogP contribution in [0.4, 0.5) is 5.69 Å². The predicted molar refractivity (Wildman–Crippen MR) is 124 cm³/mol. The smallest absolute Gasteiger partial charge is 0.266 e. The van der Waals surface area contributed by atoms with E-state index < -0.39 is 0 Å². The Morgan fingerprint density at radius 3 is 2.72 bits per heavy atom. The number of fused-ring (bicyclic) bond motifs is 6. The second-order valence-electron chi connectivity index (χ2n) is 8.22. The van der Waals surface area contributed by atoms with Crippen LogP contribution in [0.15, 0.2) is 70.1 Å². The van der Waals surface area contributed by atoms with Gasteiger partial charge in [0.1, 0.15) is 4.70 Å². The molecule has 0 amide bonds. The van der Waals surface area contributed by atoms with Gasteiger partial charge in [0.25, 0.3) is 5.01 Å². The van der Waals surface area contributed by atoms with Crippen molar-refractivity contribution in [2.75, 3.05) is 4.90 Å². The summed E-state index contributed by atoms with van der Waals surface area (Å²) in [4.78, 5) is 4.02. The summed E-state index contributed by atoms with van der Waals surface area (Å²) in [6.07, 6.45) is 7.25.